The summed E-state index contributed by atoms with van der Waals surface area (Å²) in [5.74, 6) is -0.128. The fraction of sp³-hybridized carbons (Fsp3) is 0.375. The molecule has 32 heavy (non-hydrogen) atoms. The predicted molar refractivity (Wildman–Crippen MR) is 122 cm³/mol. The van der Waals surface area contributed by atoms with Crippen LogP contribution in [0.1, 0.15) is 32.8 Å². The van der Waals surface area contributed by atoms with Gasteiger partial charge in [0.2, 0.25) is 0 Å². The van der Waals surface area contributed by atoms with Gasteiger partial charge in [-0.1, -0.05) is 12.1 Å². The minimum absolute atomic E-state index is 0.0465. The standard InChI is InChI=1S/C24H27FN4O3/c1-14-8-9-16-18(12-14)26-21(20-17(25)6-5-7-19(20)30)27-22(16)28-11-10-15(13-28)29(23(31)32)24(2,3)4/h5-9,12,15,30H,10-11,13H2,1-4H3,(H,31,32). The molecule has 2 heterocycles. The fourth-order valence-electron chi connectivity index (χ4n) is 4.45. The topological polar surface area (TPSA) is 89.8 Å². The van der Waals surface area contributed by atoms with Gasteiger partial charge in [0.1, 0.15) is 17.4 Å². The number of hydrogen-bond donors (Lipinski definition) is 2. The summed E-state index contributed by atoms with van der Waals surface area (Å²) < 4.78 is 14.6. The van der Waals surface area contributed by atoms with Crippen LogP contribution in [0.5, 0.6) is 5.75 Å². The van der Waals surface area contributed by atoms with Gasteiger partial charge in [-0.2, -0.15) is 0 Å². The van der Waals surface area contributed by atoms with E-state index in [0.29, 0.717) is 30.8 Å². The molecule has 1 fully saturated rings. The lowest BCUT2D eigenvalue weighted by Gasteiger charge is -2.38. The zero-order valence-corrected chi connectivity index (χ0v) is 18.6. The van der Waals surface area contributed by atoms with E-state index in [1.807, 2.05) is 50.8 Å². The van der Waals surface area contributed by atoms with Gasteiger partial charge in [-0.3, -0.25) is 4.90 Å². The average Bonchev–Trinajstić information content (AvgIpc) is 3.14. The number of rotatable bonds is 3. The Hall–Kier alpha value is -3.42. The van der Waals surface area contributed by atoms with Gasteiger partial charge in [-0.25, -0.2) is 19.2 Å². The van der Waals surface area contributed by atoms with Crippen LogP contribution in [0.25, 0.3) is 22.3 Å². The lowest BCUT2D eigenvalue weighted by atomic mass is 10.0. The van der Waals surface area contributed by atoms with Crippen molar-refractivity contribution in [1.82, 2.24) is 14.9 Å². The number of phenolic OH excluding ortho intramolecular Hbond substituents is 1. The predicted octanol–water partition coefficient (Wildman–Crippen LogP) is 4.81. The van der Waals surface area contributed by atoms with E-state index in [2.05, 4.69) is 9.97 Å². The van der Waals surface area contributed by atoms with Crippen molar-refractivity contribution in [1.29, 1.82) is 0 Å². The number of aromatic hydroxyl groups is 1. The molecular weight excluding hydrogens is 411 g/mol. The first-order valence-electron chi connectivity index (χ1n) is 10.6. The molecule has 1 amide bonds. The Labute approximate surface area is 186 Å². The second kappa shape index (κ2) is 7.93. The lowest BCUT2D eigenvalue weighted by molar-refractivity contribution is 0.0763. The van der Waals surface area contributed by atoms with Crippen molar-refractivity contribution in [3.05, 3.63) is 47.8 Å². The van der Waals surface area contributed by atoms with Gasteiger partial charge in [0.15, 0.2) is 5.82 Å². The smallest absolute Gasteiger partial charge is 0.408 e. The van der Waals surface area contributed by atoms with Crippen molar-refractivity contribution < 1.29 is 19.4 Å². The van der Waals surface area contributed by atoms with E-state index in [1.54, 1.807) is 0 Å². The molecule has 1 aromatic heterocycles. The Morgan fingerprint density at radius 1 is 1.22 bits per heavy atom. The molecule has 0 bridgehead atoms. The van der Waals surface area contributed by atoms with Crippen LogP contribution in [0, 0.1) is 12.7 Å². The molecule has 2 N–H and O–H groups in total. The number of carboxylic acid groups (broad SMARTS) is 1. The Morgan fingerprint density at radius 3 is 2.62 bits per heavy atom. The van der Waals surface area contributed by atoms with Gasteiger partial charge in [0.25, 0.3) is 0 Å². The van der Waals surface area contributed by atoms with Gasteiger partial charge in [-0.15, -0.1) is 0 Å². The zero-order chi connectivity index (χ0) is 23.2. The summed E-state index contributed by atoms with van der Waals surface area (Å²) in [6.45, 7) is 8.66. The minimum Gasteiger partial charge on any atom is -0.507 e. The minimum atomic E-state index is -0.954. The number of fused-ring (bicyclic) bond motifs is 1. The van der Waals surface area contributed by atoms with Gasteiger partial charge in [-0.05, 0) is 63.9 Å². The molecule has 1 saturated heterocycles. The van der Waals surface area contributed by atoms with E-state index in [4.69, 9.17) is 0 Å². The summed E-state index contributed by atoms with van der Waals surface area (Å²) in [6, 6.07) is 9.68. The number of halogens is 1. The first kappa shape index (κ1) is 21.8. The maximum atomic E-state index is 14.6. The van der Waals surface area contributed by atoms with Crippen LogP contribution in [-0.2, 0) is 0 Å². The highest BCUT2D eigenvalue weighted by molar-refractivity contribution is 5.92. The van der Waals surface area contributed by atoms with Crippen LogP contribution < -0.4 is 4.90 Å². The van der Waals surface area contributed by atoms with Crippen molar-refractivity contribution in [2.24, 2.45) is 0 Å². The fourth-order valence-corrected chi connectivity index (χ4v) is 4.45. The lowest BCUT2D eigenvalue weighted by Crippen LogP contribution is -2.52. The van der Waals surface area contributed by atoms with Crippen molar-refractivity contribution in [2.45, 2.75) is 45.7 Å². The second-order valence-corrected chi connectivity index (χ2v) is 9.24. The van der Waals surface area contributed by atoms with Crippen molar-refractivity contribution in [3.8, 4) is 17.1 Å². The highest BCUT2D eigenvalue weighted by Crippen LogP contribution is 2.35. The Balaban J connectivity index is 1.82. The molecule has 3 aromatic rings. The SMILES string of the molecule is Cc1ccc2c(N3CCC(N(C(=O)O)C(C)(C)C)C3)nc(-c3c(O)cccc3F)nc2c1. The van der Waals surface area contributed by atoms with E-state index in [0.717, 1.165) is 10.9 Å². The molecule has 1 aliphatic heterocycles. The molecule has 168 valence electrons. The number of hydrogen-bond acceptors (Lipinski definition) is 5. The third kappa shape index (κ3) is 3.92. The summed E-state index contributed by atoms with van der Waals surface area (Å²) in [6.07, 6.45) is -0.300. The van der Waals surface area contributed by atoms with E-state index < -0.39 is 17.4 Å². The molecule has 0 spiro atoms. The molecule has 0 aliphatic carbocycles. The monoisotopic (exact) mass is 438 g/mol. The molecule has 1 unspecified atom stereocenters. The van der Waals surface area contributed by atoms with Gasteiger partial charge in [0, 0.05) is 24.0 Å². The van der Waals surface area contributed by atoms with Crippen LogP contribution in [0.4, 0.5) is 15.0 Å². The first-order chi connectivity index (χ1) is 15.1. The summed E-state index contributed by atoms with van der Waals surface area (Å²) >= 11 is 0. The first-order valence-corrected chi connectivity index (χ1v) is 10.6. The number of aryl methyl sites for hydroxylation is 1. The quantitative estimate of drug-likeness (QED) is 0.610. The molecule has 2 aromatic carbocycles. The number of carbonyl (C=O) groups is 1. The molecule has 7 nitrogen and oxygen atoms in total. The largest absolute Gasteiger partial charge is 0.507 e. The average molecular weight is 439 g/mol. The summed E-state index contributed by atoms with van der Waals surface area (Å²) in [7, 11) is 0. The third-order valence-electron chi connectivity index (χ3n) is 5.80. The van der Waals surface area contributed by atoms with E-state index in [1.165, 1.54) is 23.1 Å². The molecule has 0 radical (unpaired) electrons. The van der Waals surface area contributed by atoms with Crippen LogP contribution in [0.3, 0.4) is 0 Å². The summed E-state index contributed by atoms with van der Waals surface area (Å²) in [5.41, 5.74) is 1.05. The third-order valence-corrected chi connectivity index (χ3v) is 5.80. The Bertz CT molecular complexity index is 1170. The van der Waals surface area contributed by atoms with Gasteiger partial charge in [0.05, 0.1) is 17.1 Å². The Kier molecular flexibility index (Phi) is 5.40. The molecule has 1 aliphatic rings. The summed E-state index contributed by atoms with van der Waals surface area (Å²) in [4.78, 5) is 24.7. The molecule has 1 atom stereocenters. The molecule has 4 rings (SSSR count). The van der Waals surface area contributed by atoms with Crippen LogP contribution in [0.15, 0.2) is 36.4 Å². The van der Waals surface area contributed by atoms with E-state index >= 15 is 0 Å². The maximum Gasteiger partial charge on any atom is 0.408 e. The van der Waals surface area contributed by atoms with Crippen molar-refractivity contribution >= 4 is 22.8 Å². The van der Waals surface area contributed by atoms with Crippen molar-refractivity contribution in [2.75, 3.05) is 18.0 Å². The highest BCUT2D eigenvalue weighted by atomic mass is 19.1. The number of benzene rings is 2. The van der Waals surface area contributed by atoms with Crippen LogP contribution in [0.2, 0.25) is 0 Å². The highest BCUT2D eigenvalue weighted by Gasteiger charge is 2.38. The number of phenols is 1. The molecule has 8 heteroatoms. The number of anilines is 1. The Morgan fingerprint density at radius 2 is 1.97 bits per heavy atom. The molecular formula is C24H27FN4O3. The zero-order valence-electron chi connectivity index (χ0n) is 18.6. The van der Waals surface area contributed by atoms with Gasteiger partial charge < -0.3 is 15.1 Å². The van der Waals surface area contributed by atoms with Crippen molar-refractivity contribution in [3.63, 3.8) is 0 Å². The number of nitrogens with zero attached hydrogens (tertiary/aromatic N) is 4. The maximum absolute atomic E-state index is 14.6. The molecule has 0 saturated carbocycles. The number of amides is 1. The normalized spacial score (nSPS) is 16.5. The second-order valence-electron chi connectivity index (χ2n) is 9.24. The van der Waals surface area contributed by atoms with Gasteiger partial charge >= 0.3 is 6.09 Å². The number of aromatic nitrogens is 2. The summed E-state index contributed by atoms with van der Waals surface area (Å²) in [5, 5.41) is 20.9. The van der Waals surface area contributed by atoms with E-state index in [-0.39, 0.29) is 23.2 Å². The van der Waals surface area contributed by atoms with Crippen LogP contribution in [-0.4, -0.2) is 55.8 Å². The van der Waals surface area contributed by atoms with E-state index in [9.17, 15) is 19.4 Å². The van der Waals surface area contributed by atoms with Crippen LogP contribution >= 0.6 is 0 Å².